The van der Waals surface area contributed by atoms with Gasteiger partial charge in [-0.05, 0) is 42.9 Å². The van der Waals surface area contributed by atoms with Crippen LogP contribution in [0.4, 0.5) is 11.4 Å². The number of carbonyl (C=O) groups excluding carboxylic acids is 1. The Morgan fingerprint density at radius 3 is 2.65 bits per heavy atom. The van der Waals surface area contributed by atoms with Crippen molar-refractivity contribution in [1.82, 2.24) is 4.90 Å². The van der Waals surface area contributed by atoms with Gasteiger partial charge in [-0.1, -0.05) is 24.6 Å². The number of rotatable bonds is 4. The van der Waals surface area contributed by atoms with Crippen molar-refractivity contribution < 1.29 is 4.79 Å². The first-order chi connectivity index (χ1) is 12.6. The monoisotopic (exact) mass is 368 g/mol. The molecule has 5 nitrogen and oxygen atoms in total. The Balaban J connectivity index is 1.82. The third kappa shape index (κ3) is 4.16. The molecule has 1 saturated heterocycles. The van der Waals surface area contributed by atoms with Crippen LogP contribution in [-0.4, -0.2) is 43.5 Å². The zero-order valence-corrected chi connectivity index (χ0v) is 15.5. The van der Waals surface area contributed by atoms with E-state index in [1.807, 2.05) is 12.1 Å². The average molecular weight is 369 g/mol. The van der Waals surface area contributed by atoms with Crippen LogP contribution >= 0.6 is 11.6 Å². The van der Waals surface area contributed by atoms with Gasteiger partial charge >= 0.3 is 0 Å². The van der Waals surface area contributed by atoms with Gasteiger partial charge in [0.1, 0.15) is 0 Å². The van der Waals surface area contributed by atoms with Crippen molar-refractivity contribution >= 4 is 28.9 Å². The summed E-state index contributed by atoms with van der Waals surface area (Å²) in [7, 11) is 0. The van der Waals surface area contributed by atoms with Gasteiger partial charge in [0, 0.05) is 36.8 Å². The van der Waals surface area contributed by atoms with E-state index in [0.717, 1.165) is 38.4 Å². The molecule has 2 aromatic rings. The lowest BCUT2D eigenvalue weighted by Crippen LogP contribution is -2.46. The van der Waals surface area contributed by atoms with Gasteiger partial charge in [0.15, 0.2) is 0 Å². The van der Waals surface area contributed by atoms with Gasteiger partial charge in [-0.3, -0.25) is 4.79 Å². The molecule has 1 aliphatic rings. The number of amides is 1. The molecule has 6 heteroatoms. The standard InChI is InChI=1S/C20H21ClN4O/c1-2-24-8-10-25(11-9-24)19-7-6-17(21)13-18(19)23-20(26)16-5-3-4-15(12-16)14-22/h3-7,12-13H,2,8-11H2,1H3,(H,23,26). The van der Waals surface area contributed by atoms with Crippen LogP contribution in [0, 0.1) is 11.3 Å². The molecular weight excluding hydrogens is 348 g/mol. The number of benzene rings is 2. The molecule has 1 fully saturated rings. The van der Waals surface area contributed by atoms with Gasteiger partial charge in [-0.2, -0.15) is 5.26 Å². The van der Waals surface area contributed by atoms with Crippen LogP contribution in [0.3, 0.4) is 0 Å². The number of halogens is 1. The third-order valence-electron chi connectivity index (χ3n) is 4.62. The Labute approximate surface area is 158 Å². The molecule has 0 radical (unpaired) electrons. The molecule has 0 saturated carbocycles. The summed E-state index contributed by atoms with van der Waals surface area (Å²) in [6.45, 7) is 7.02. The minimum absolute atomic E-state index is 0.252. The molecule has 1 heterocycles. The average Bonchev–Trinajstić information content (AvgIpc) is 2.68. The van der Waals surface area contributed by atoms with Crippen LogP contribution in [0.15, 0.2) is 42.5 Å². The fraction of sp³-hybridized carbons (Fsp3) is 0.300. The van der Waals surface area contributed by atoms with Crippen molar-refractivity contribution in [3.63, 3.8) is 0 Å². The molecule has 2 aromatic carbocycles. The SMILES string of the molecule is CCN1CCN(c2ccc(Cl)cc2NC(=O)c2cccc(C#N)c2)CC1. The van der Waals surface area contributed by atoms with Crippen molar-refractivity contribution in [3.05, 3.63) is 58.6 Å². The van der Waals surface area contributed by atoms with E-state index >= 15 is 0 Å². The summed E-state index contributed by atoms with van der Waals surface area (Å²) in [5.74, 6) is -0.252. The van der Waals surface area contributed by atoms with Crippen LogP contribution in [-0.2, 0) is 0 Å². The minimum atomic E-state index is -0.252. The predicted molar refractivity (Wildman–Crippen MR) is 105 cm³/mol. The number of anilines is 2. The number of hydrogen-bond donors (Lipinski definition) is 1. The fourth-order valence-electron chi connectivity index (χ4n) is 3.11. The molecule has 1 aliphatic heterocycles. The van der Waals surface area contributed by atoms with E-state index in [9.17, 15) is 4.79 Å². The third-order valence-corrected chi connectivity index (χ3v) is 4.86. The second kappa shape index (κ2) is 8.22. The lowest BCUT2D eigenvalue weighted by molar-refractivity contribution is 0.102. The molecule has 1 N–H and O–H groups in total. The quantitative estimate of drug-likeness (QED) is 0.895. The fourth-order valence-corrected chi connectivity index (χ4v) is 3.29. The van der Waals surface area contributed by atoms with Crippen molar-refractivity contribution in [2.24, 2.45) is 0 Å². The molecular formula is C20H21ClN4O. The number of likely N-dealkylation sites (N-methyl/N-ethyl adjacent to an activating group) is 1. The highest BCUT2D eigenvalue weighted by Gasteiger charge is 2.19. The summed E-state index contributed by atoms with van der Waals surface area (Å²) < 4.78 is 0. The molecule has 26 heavy (non-hydrogen) atoms. The van der Waals surface area contributed by atoms with Gasteiger partial charge in [0.25, 0.3) is 5.91 Å². The predicted octanol–water partition coefficient (Wildman–Crippen LogP) is 3.61. The molecule has 0 unspecified atom stereocenters. The summed E-state index contributed by atoms with van der Waals surface area (Å²) in [6, 6.07) is 14.3. The Hall–Kier alpha value is -2.55. The van der Waals surface area contributed by atoms with E-state index in [0.29, 0.717) is 21.8 Å². The highest BCUT2D eigenvalue weighted by molar-refractivity contribution is 6.31. The number of hydrogen-bond acceptors (Lipinski definition) is 4. The number of nitrogens with one attached hydrogen (secondary N) is 1. The Bertz CT molecular complexity index is 838. The Kier molecular flexibility index (Phi) is 5.77. The van der Waals surface area contributed by atoms with Crippen LogP contribution < -0.4 is 10.2 Å². The molecule has 134 valence electrons. The number of piperazine rings is 1. The van der Waals surface area contributed by atoms with Crippen LogP contribution in [0.25, 0.3) is 0 Å². The van der Waals surface area contributed by atoms with Crippen LogP contribution in [0.5, 0.6) is 0 Å². The van der Waals surface area contributed by atoms with Crippen molar-refractivity contribution in [2.45, 2.75) is 6.92 Å². The molecule has 0 bridgehead atoms. The number of nitriles is 1. The van der Waals surface area contributed by atoms with E-state index in [1.54, 1.807) is 30.3 Å². The molecule has 0 atom stereocenters. The first kappa shape index (κ1) is 18.2. The molecule has 0 aliphatic carbocycles. The van der Waals surface area contributed by atoms with E-state index in [4.69, 9.17) is 16.9 Å². The molecule has 0 aromatic heterocycles. The van der Waals surface area contributed by atoms with Crippen LogP contribution in [0.1, 0.15) is 22.8 Å². The largest absolute Gasteiger partial charge is 0.367 e. The van der Waals surface area contributed by atoms with Gasteiger partial charge < -0.3 is 15.1 Å². The second-order valence-electron chi connectivity index (χ2n) is 6.23. The lowest BCUT2D eigenvalue weighted by atomic mass is 10.1. The van der Waals surface area contributed by atoms with Crippen molar-refractivity contribution in [1.29, 1.82) is 5.26 Å². The van der Waals surface area contributed by atoms with E-state index in [-0.39, 0.29) is 5.91 Å². The van der Waals surface area contributed by atoms with Gasteiger partial charge in [-0.25, -0.2) is 0 Å². The van der Waals surface area contributed by atoms with E-state index in [1.165, 1.54) is 0 Å². The topological polar surface area (TPSA) is 59.4 Å². The number of carbonyl (C=O) groups is 1. The van der Waals surface area contributed by atoms with E-state index in [2.05, 4.69) is 28.1 Å². The van der Waals surface area contributed by atoms with Gasteiger partial charge in [-0.15, -0.1) is 0 Å². The summed E-state index contributed by atoms with van der Waals surface area (Å²) in [5.41, 5.74) is 2.56. The summed E-state index contributed by atoms with van der Waals surface area (Å²) in [4.78, 5) is 17.3. The normalized spacial score (nSPS) is 14.7. The zero-order chi connectivity index (χ0) is 18.5. The Morgan fingerprint density at radius 1 is 1.19 bits per heavy atom. The molecule has 0 spiro atoms. The summed E-state index contributed by atoms with van der Waals surface area (Å²) >= 11 is 6.16. The van der Waals surface area contributed by atoms with Crippen LogP contribution in [0.2, 0.25) is 5.02 Å². The lowest BCUT2D eigenvalue weighted by Gasteiger charge is -2.36. The van der Waals surface area contributed by atoms with Crippen molar-refractivity contribution in [3.8, 4) is 6.07 Å². The van der Waals surface area contributed by atoms with E-state index < -0.39 is 0 Å². The maximum absolute atomic E-state index is 12.6. The first-order valence-electron chi connectivity index (χ1n) is 8.69. The van der Waals surface area contributed by atoms with Gasteiger partial charge in [0.2, 0.25) is 0 Å². The molecule has 3 rings (SSSR count). The molecule has 1 amide bonds. The highest BCUT2D eigenvalue weighted by atomic mass is 35.5. The maximum atomic E-state index is 12.6. The smallest absolute Gasteiger partial charge is 0.255 e. The number of nitrogens with zero attached hydrogens (tertiary/aromatic N) is 3. The highest BCUT2D eigenvalue weighted by Crippen LogP contribution is 2.30. The zero-order valence-electron chi connectivity index (χ0n) is 14.7. The first-order valence-corrected chi connectivity index (χ1v) is 9.07. The van der Waals surface area contributed by atoms with Gasteiger partial charge in [0.05, 0.1) is 23.0 Å². The summed E-state index contributed by atoms with van der Waals surface area (Å²) in [5, 5.41) is 12.5. The second-order valence-corrected chi connectivity index (χ2v) is 6.67. The summed E-state index contributed by atoms with van der Waals surface area (Å²) in [6.07, 6.45) is 0. The van der Waals surface area contributed by atoms with Crippen molar-refractivity contribution in [2.75, 3.05) is 42.9 Å². The maximum Gasteiger partial charge on any atom is 0.255 e. The Morgan fingerprint density at radius 2 is 1.96 bits per heavy atom. The minimum Gasteiger partial charge on any atom is -0.367 e.